The summed E-state index contributed by atoms with van der Waals surface area (Å²) in [6.45, 7) is 11.7. The van der Waals surface area contributed by atoms with Gasteiger partial charge in [0.1, 0.15) is 0 Å². The number of aryl methyl sites for hydroxylation is 2. The molecule has 0 aliphatic heterocycles. The van der Waals surface area contributed by atoms with Crippen molar-refractivity contribution in [2.24, 2.45) is 17.3 Å². The first-order valence-electron chi connectivity index (χ1n) is 8.07. The van der Waals surface area contributed by atoms with Crippen LogP contribution in [0.2, 0.25) is 0 Å². The van der Waals surface area contributed by atoms with Crippen LogP contribution in [-0.2, 0) is 0 Å². The molecular weight excluding hydrogens is 262 g/mol. The molecule has 0 amide bonds. The molecule has 0 radical (unpaired) electrons. The Hall–Kier alpha value is -0.340. The van der Waals surface area contributed by atoms with Gasteiger partial charge in [-0.1, -0.05) is 20.8 Å². The van der Waals surface area contributed by atoms with Crippen LogP contribution in [-0.4, -0.2) is 7.05 Å². The van der Waals surface area contributed by atoms with E-state index in [0.717, 1.165) is 11.8 Å². The average Bonchev–Trinajstić information content (AvgIpc) is 2.69. The Morgan fingerprint density at radius 2 is 1.75 bits per heavy atom. The van der Waals surface area contributed by atoms with E-state index in [1.54, 1.807) is 5.56 Å². The van der Waals surface area contributed by atoms with E-state index in [2.05, 4.69) is 53.0 Å². The van der Waals surface area contributed by atoms with E-state index in [0.29, 0.717) is 11.5 Å². The second-order valence-electron chi connectivity index (χ2n) is 7.61. The Balaban J connectivity index is 2.06. The highest BCUT2D eigenvalue weighted by Gasteiger charge is 2.33. The van der Waals surface area contributed by atoms with E-state index in [1.807, 2.05) is 11.3 Å². The zero-order valence-electron chi connectivity index (χ0n) is 14.0. The fourth-order valence-electron chi connectivity index (χ4n) is 3.92. The molecule has 0 saturated heterocycles. The summed E-state index contributed by atoms with van der Waals surface area (Å²) in [6, 6.07) is 2.96. The summed E-state index contributed by atoms with van der Waals surface area (Å²) in [5.41, 5.74) is 2.03. The molecule has 2 rings (SSSR count). The first kappa shape index (κ1) is 16.0. The van der Waals surface area contributed by atoms with E-state index in [-0.39, 0.29) is 0 Å². The topological polar surface area (TPSA) is 12.0 Å². The van der Waals surface area contributed by atoms with Crippen molar-refractivity contribution in [1.29, 1.82) is 0 Å². The van der Waals surface area contributed by atoms with Crippen LogP contribution < -0.4 is 5.32 Å². The molecule has 1 nitrogen and oxygen atoms in total. The molecule has 1 aromatic heterocycles. The third-order valence-corrected chi connectivity index (χ3v) is 6.18. The van der Waals surface area contributed by atoms with Crippen molar-refractivity contribution in [3.63, 3.8) is 0 Å². The molecule has 0 aromatic carbocycles. The Morgan fingerprint density at radius 1 is 1.15 bits per heavy atom. The maximum absolute atomic E-state index is 3.60. The third-order valence-electron chi connectivity index (χ3n) is 5.19. The van der Waals surface area contributed by atoms with Gasteiger partial charge >= 0.3 is 0 Å². The zero-order chi connectivity index (χ0) is 14.9. The second-order valence-corrected chi connectivity index (χ2v) is 9.07. The highest BCUT2D eigenvalue weighted by molar-refractivity contribution is 7.12. The maximum Gasteiger partial charge on any atom is 0.0357 e. The van der Waals surface area contributed by atoms with Crippen LogP contribution in [0.3, 0.4) is 0 Å². The van der Waals surface area contributed by atoms with Gasteiger partial charge in [-0.25, -0.2) is 0 Å². The molecular formula is C18H31NS. The van der Waals surface area contributed by atoms with Gasteiger partial charge in [-0.15, -0.1) is 11.3 Å². The van der Waals surface area contributed by atoms with Gasteiger partial charge in [-0.2, -0.15) is 0 Å². The van der Waals surface area contributed by atoms with E-state index < -0.39 is 0 Å². The smallest absolute Gasteiger partial charge is 0.0357 e. The molecule has 1 unspecified atom stereocenters. The fraction of sp³-hybridized carbons (Fsp3) is 0.778. The third kappa shape index (κ3) is 3.46. The summed E-state index contributed by atoms with van der Waals surface area (Å²) in [7, 11) is 2.13. The van der Waals surface area contributed by atoms with Gasteiger partial charge in [0.15, 0.2) is 0 Å². The van der Waals surface area contributed by atoms with Gasteiger partial charge in [-0.3, -0.25) is 0 Å². The van der Waals surface area contributed by atoms with Crippen molar-refractivity contribution in [3.8, 4) is 0 Å². The predicted octanol–water partition coefficient (Wildman–Crippen LogP) is 5.48. The lowest BCUT2D eigenvalue weighted by Crippen LogP contribution is -2.32. The molecule has 1 fully saturated rings. The molecule has 1 saturated carbocycles. The van der Waals surface area contributed by atoms with Crippen molar-refractivity contribution >= 4 is 11.3 Å². The Labute approximate surface area is 129 Å². The zero-order valence-corrected chi connectivity index (χ0v) is 14.9. The molecule has 2 heteroatoms. The first-order valence-corrected chi connectivity index (χ1v) is 8.88. The molecule has 114 valence electrons. The molecule has 0 bridgehead atoms. The lowest BCUT2D eigenvalue weighted by Gasteiger charge is -2.39. The first-order chi connectivity index (χ1) is 9.32. The number of thiophene rings is 1. The van der Waals surface area contributed by atoms with Crippen LogP contribution in [0, 0.1) is 31.1 Å². The van der Waals surface area contributed by atoms with Crippen LogP contribution >= 0.6 is 11.3 Å². The Morgan fingerprint density at radius 3 is 2.15 bits per heavy atom. The number of rotatable bonds is 3. The van der Waals surface area contributed by atoms with Gasteiger partial charge in [0.2, 0.25) is 0 Å². The Kier molecular flexibility index (Phi) is 4.96. The van der Waals surface area contributed by atoms with E-state index >= 15 is 0 Å². The van der Waals surface area contributed by atoms with Crippen LogP contribution in [0.4, 0.5) is 0 Å². The maximum atomic E-state index is 3.60. The average molecular weight is 294 g/mol. The van der Waals surface area contributed by atoms with Gasteiger partial charge in [0.25, 0.3) is 0 Å². The minimum Gasteiger partial charge on any atom is -0.313 e. The fourth-order valence-corrected chi connectivity index (χ4v) is 4.90. The van der Waals surface area contributed by atoms with Gasteiger partial charge < -0.3 is 5.32 Å². The van der Waals surface area contributed by atoms with Crippen LogP contribution in [0.5, 0.6) is 0 Å². The van der Waals surface area contributed by atoms with Crippen molar-refractivity contribution in [3.05, 3.63) is 21.4 Å². The number of nitrogens with one attached hydrogen (secondary N) is 1. The second kappa shape index (κ2) is 6.19. The lowest BCUT2D eigenvalue weighted by atomic mass is 9.68. The molecule has 1 aromatic rings. The lowest BCUT2D eigenvalue weighted by molar-refractivity contribution is 0.134. The van der Waals surface area contributed by atoms with E-state index in [4.69, 9.17) is 0 Å². The van der Waals surface area contributed by atoms with Crippen molar-refractivity contribution in [2.75, 3.05) is 7.05 Å². The highest BCUT2D eigenvalue weighted by Crippen LogP contribution is 2.44. The predicted molar refractivity (Wildman–Crippen MR) is 90.5 cm³/mol. The van der Waals surface area contributed by atoms with Gasteiger partial charge in [-0.05, 0) is 75.5 Å². The standard InChI is InChI=1S/C18H31NS/c1-12-11-16(13(2)20-12)17(19-6)14-7-9-15(10-8-14)18(3,4)5/h11,14-15,17,19H,7-10H2,1-6H3. The minimum atomic E-state index is 0.481. The van der Waals surface area contributed by atoms with Crippen molar-refractivity contribution in [2.45, 2.75) is 66.3 Å². The molecule has 1 heterocycles. The summed E-state index contributed by atoms with van der Waals surface area (Å²) in [5, 5.41) is 3.60. The molecule has 1 aliphatic carbocycles. The summed E-state index contributed by atoms with van der Waals surface area (Å²) >= 11 is 1.94. The van der Waals surface area contributed by atoms with E-state index in [1.165, 1.54) is 35.4 Å². The monoisotopic (exact) mass is 293 g/mol. The van der Waals surface area contributed by atoms with Crippen LogP contribution in [0.1, 0.15) is 67.8 Å². The summed E-state index contributed by atoms with van der Waals surface area (Å²) < 4.78 is 0. The molecule has 20 heavy (non-hydrogen) atoms. The molecule has 1 aliphatic rings. The van der Waals surface area contributed by atoms with Gasteiger partial charge in [0, 0.05) is 15.8 Å². The highest BCUT2D eigenvalue weighted by atomic mass is 32.1. The normalized spacial score (nSPS) is 25.7. The Bertz CT molecular complexity index is 433. The van der Waals surface area contributed by atoms with Gasteiger partial charge in [0.05, 0.1) is 0 Å². The van der Waals surface area contributed by atoms with Crippen LogP contribution in [0.15, 0.2) is 6.07 Å². The molecule has 1 atom stereocenters. The summed E-state index contributed by atoms with van der Waals surface area (Å²) in [6.07, 6.45) is 5.55. The van der Waals surface area contributed by atoms with Crippen molar-refractivity contribution in [1.82, 2.24) is 5.32 Å². The van der Waals surface area contributed by atoms with E-state index in [9.17, 15) is 0 Å². The molecule has 0 spiro atoms. The molecule has 1 N–H and O–H groups in total. The number of hydrogen-bond acceptors (Lipinski definition) is 2. The number of hydrogen-bond donors (Lipinski definition) is 1. The quantitative estimate of drug-likeness (QED) is 0.778. The van der Waals surface area contributed by atoms with Crippen LogP contribution in [0.25, 0.3) is 0 Å². The SMILES string of the molecule is CNC(c1cc(C)sc1C)C1CCC(C(C)(C)C)CC1. The summed E-state index contributed by atoms with van der Waals surface area (Å²) in [5.74, 6) is 1.72. The minimum absolute atomic E-state index is 0.481. The largest absolute Gasteiger partial charge is 0.313 e. The van der Waals surface area contributed by atoms with Crippen molar-refractivity contribution < 1.29 is 0 Å². The summed E-state index contributed by atoms with van der Waals surface area (Å²) in [4.78, 5) is 2.95.